The topological polar surface area (TPSA) is 118 Å². The van der Waals surface area contributed by atoms with Gasteiger partial charge in [-0.1, -0.05) is 29.0 Å². The molecule has 4 amide bonds. The Morgan fingerprint density at radius 3 is 2.41 bits per heavy atom. The van der Waals surface area contributed by atoms with E-state index in [4.69, 9.17) is 9.47 Å². The lowest BCUT2D eigenvalue weighted by Gasteiger charge is -2.16. The largest absolute Gasteiger partial charge is 0.377 e. The summed E-state index contributed by atoms with van der Waals surface area (Å²) in [5.74, 6) is 1.02. The molecule has 0 aromatic heterocycles. The number of fused-ring (bicyclic) bond motifs is 1. The van der Waals surface area contributed by atoms with Crippen molar-refractivity contribution in [1.82, 2.24) is 21.3 Å². The maximum Gasteiger partial charge on any atom is 0.315 e. The Labute approximate surface area is 189 Å². The van der Waals surface area contributed by atoms with Crippen LogP contribution >= 0.6 is 34.4 Å². The van der Waals surface area contributed by atoms with E-state index in [-0.39, 0.29) is 29.9 Å². The Kier molecular flexibility index (Phi) is 12.0. The summed E-state index contributed by atoms with van der Waals surface area (Å²) < 4.78 is 11.2. The average molecular weight is 542 g/mol. The Hall–Kier alpha value is -0.790. The molecule has 11 heteroatoms. The second kappa shape index (κ2) is 14.3. The normalized spacial score (nSPS) is 22.7. The Balaban J connectivity index is 1.35. The summed E-state index contributed by atoms with van der Waals surface area (Å²) in [4.78, 5) is 34.2. The molecule has 2 aliphatic heterocycles. The highest BCUT2D eigenvalue weighted by Gasteiger charge is 2.42. The van der Waals surface area contributed by atoms with Crippen LogP contribution in [0.3, 0.4) is 0 Å². The van der Waals surface area contributed by atoms with Crippen molar-refractivity contribution in [3.05, 3.63) is 0 Å². The van der Waals surface area contributed by atoms with Crippen molar-refractivity contribution in [3.63, 3.8) is 0 Å². The van der Waals surface area contributed by atoms with E-state index in [1.807, 2.05) is 34.4 Å². The molecule has 2 aliphatic rings. The molecule has 2 fully saturated rings. The first-order valence-electron chi connectivity index (χ1n) is 10.0. The number of halogens is 1. The van der Waals surface area contributed by atoms with Gasteiger partial charge in [0.25, 0.3) is 0 Å². The molecule has 0 aliphatic carbocycles. The number of thioether (sulfide) groups is 1. The minimum absolute atomic E-state index is 0.00636. The number of carbonyl (C=O) groups excluding carboxylic acids is 3. The SMILES string of the molecule is O=C(CI)NCCOCCOCCNC(=O)CCCC[C@@H]1SC[C@@H]2NC(=O)N[C@@H]21. The van der Waals surface area contributed by atoms with Crippen LogP contribution in [0.4, 0.5) is 4.79 Å². The zero-order chi connectivity index (χ0) is 20.9. The van der Waals surface area contributed by atoms with Crippen LogP contribution < -0.4 is 21.3 Å². The van der Waals surface area contributed by atoms with Crippen molar-refractivity contribution in [1.29, 1.82) is 0 Å². The van der Waals surface area contributed by atoms with Gasteiger partial charge >= 0.3 is 6.03 Å². The van der Waals surface area contributed by atoms with Crippen LogP contribution in [0.2, 0.25) is 0 Å². The van der Waals surface area contributed by atoms with Crippen LogP contribution in [-0.4, -0.2) is 84.9 Å². The van der Waals surface area contributed by atoms with Gasteiger partial charge in [0.2, 0.25) is 11.8 Å². The predicted molar refractivity (Wildman–Crippen MR) is 121 cm³/mol. The summed E-state index contributed by atoms with van der Waals surface area (Å²) in [6.45, 7) is 2.84. The van der Waals surface area contributed by atoms with Gasteiger partial charge in [-0.25, -0.2) is 4.79 Å². The van der Waals surface area contributed by atoms with Gasteiger partial charge in [0.1, 0.15) is 0 Å². The molecular formula is C18H31IN4O5S. The molecule has 29 heavy (non-hydrogen) atoms. The number of hydrogen-bond acceptors (Lipinski definition) is 6. The Morgan fingerprint density at radius 2 is 1.72 bits per heavy atom. The molecule has 0 spiro atoms. The summed E-state index contributed by atoms with van der Waals surface area (Å²) in [5.41, 5.74) is 0. The summed E-state index contributed by atoms with van der Waals surface area (Å²) in [7, 11) is 0. The van der Waals surface area contributed by atoms with Crippen molar-refractivity contribution >= 4 is 52.2 Å². The molecule has 4 N–H and O–H groups in total. The Bertz CT molecular complexity index is 542. The van der Waals surface area contributed by atoms with Crippen molar-refractivity contribution in [2.75, 3.05) is 49.7 Å². The van der Waals surface area contributed by atoms with Crippen LogP contribution in [0.1, 0.15) is 25.7 Å². The number of carbonyl (C=O) groups is 3. The van der Waals surface area contributed by atoms with E-state index < -0.39 is 0 Å². The third-order valence-electron chi connectivity index (χ3n) is 4.71. The number of ether oxygens (including phenoxy) is 2. The molecule has 3 atom stereocenters. The van der Waals surface area contributed by atoms with Crippen LogP contribution in [0, 0.1) is 0 Å². The number of alkyl halides is 1. The first-order valence-corrected chi connectivity index (χ1v) is 12.6. The summed E-state index contributed by atoms with van der Waals surface area (Å²) in [5, 5.41) is 12.0. The van der Waals surface area contributed by atoms with E-state index in [2.05, 4.69) is 21.3 Å². The maximum atomic E-state index is 11.9. The van der Waals surface area contributed by atoms with Gasteiger partial charge in [-0.2, -0.15) is 11.8 Å². The summed E-state index contributed by atoms with van der Waals surface area (Å²) >= 11 is 3.91. The van der Waals surface area contributed by atoms with Crippen LogP contribution in [0.25, 0.3) is 0 Å². The average Bonchev–Trinajstić information content (AvgIpc) is 3.25. The smallest absolute Gasteiger partial charge is 0.315 e. The quantitative estimate of drug-likeness (QED) is 0.103. The van der Waals surface area contributed by atoms with Crippen molar-refractivity contribution in [2.45, 2.75) is 43.0 Å². The fraction of sp³-hybridized carbons (Fsp3) is 0.833. The highest BCUT2D eigenvalue weighted by molar-refractivity contribution is 14.1. The molecule has 0 aromatic carbocycles. The third kappa shape index (κ3) is 9.71. The van der Waals surface area contributed by atoms with Gasteiger partial charge < -0.3 is 30.7 Å². The molecule has 0 saturated carbocycles. The molecule has 2 rings (SSSR count). The van der Waals surface area contributed by atoms with E-state index >= 15 is 0 Å². The number of hydrogen-bond donors (Lipinski definition) is 4. The van der Waals surface area contributed by atoms with Crippen molar-refractivity contribution < 1.29 is 23.9 Å². The van der Waals surface area contributed by atoms with Crippen LogP contribution in [-0.2, 0) is 19.1 Å². The number of amides is 4. The minimum Gasteiger partial charge on any atom is -0.377 e. The van der Waals surface area contributed by atoms with E-state index in [9.17, 15) is 14.4 Å². The van der Waals surface area contributed by atoms with Gasteiger partial charge in [-0.15, -0.1) is 0 Å². The monoisotopic (exact) mass is 542 g/mol. The van der Waals surface area contributed by atoms with E-state index in [1.165, 1.54) is 0 Å². The molecule has 0 unspecified atom stereocenters. The van der Waals surface area contributed by atoms with Gasteiger partial charge in [0, 0.05) is 30.5 Å². The molecule has 2 saturated heterocycles. The molecule has 0 radical (unpaired) electrons. The number of nitrogens with one attached hydrogen (secondary N) is 4. The van der Waals surface area contributed by atoms with Crippen molar-refractivity contribution in [2.24, 2.45) is 0 Å². The highest BCUT2D eigenvalue weighted by Crippen LogP contribution is 2.33. The Morgan fingerprint density at radius 1 is 1.03 bits per heavy atom. The zero-order valence-electron chi connectivity index (χ0n) is 16.5. The minimum atomic E-state index is -0.0568. The summed E-state index contributed by atoms with van der Waals surface area (Å²) in [6, 6.07) is 0.434. The number of unbranched alkanes of at least 4 members (excludes halogenated alkanes) is 1. The lowest BCUT2D eigenvalue weighted by atomic mass is 10.0. The van der Waals surface area contributed by atoms with Gasteiger partial charge in [0.05, 0.1) is 42.9 Å². The third-order valence-corrected chi connectivity index (χ3v) is 6.91. The van der Waals surface area contributed by atoms with Gasteiger partial charge in [-0.05, 0) is 12.8 Å². The lowest BCUT2D eigenvalue weighted by Crippen LogP contribution is -2.36. The second-order valence-corrected chi connectivity index (χ2v) is 8.96. The zero-order valence-corrected chi connectivity index (χ0v) is 19.5. The number of urea groups is 1. The van der Waals surface area contributed by atoms with E-state index in [1.54, 1.807) is 0 Å². The fourth-order valence-electron chi connectivity index (χ4n) is 3.26. The maximum absolute atomic E-state index is 11.9. The molecule has 0 aromatic rings. The summed E-state index contributed by atoms with van der Waals surface area (Å²) in [6.07, 6.45) is 3.37. The van der Waals surface area contributed by atoms with Crippen LogP contribution in [0.5, 0.6) is 0 Å². The second-order valence-electron chi connectivity index (χ2n) is 6.93. The standard InChI is InChI=1S/C18H31IN4O5S/c19-11-16(25)21-6-8-28-10-9-27-7-5-20-15(24)4-2-1-3-14-17-13(12-29-14)22-18(26)23-17/h13-14,17H,1-12H2,(H,20,24)(H,21,25)(H2,22,23,26)/t13-,14-,17-/m0/s1. The lowest BCUT2D eigenvalue weighted by molar-refractivity contribution is -0.121. The molecule has 2 heterocycles. The fourth-order valence-corrected chi connectivity index (χ4v) is 5.07. The first kappa shape index (κ1) is 24.5. The molecule has 0 bridgehead atoms. The molecular weight excluding hydrogens is 511 g/mol. The van der Waals surface area contributed by atoms with Crippen molar-refractivity contribution in [3.8, 4) is 0 Å². The molecule has 166 valence electrons. The van der Waals surface area contributed by atoms with E-state index in [0.717, 1.165) is 25.0 Å². The van der Waals surface area contributed by atoms with Crippen LogP contribution in [0.15, 0.2) is 0 Å². The van der Waals surface area contributed by atoms with E-state index in [0.29, 0.717) is 55.6 Å². The predicted octanol–water partition coefficient (Wildman–Crippen LogP) is 0.413. The number of rotatable bonds is 15. The first-order chi connectivity index (χ1) is 14.1. The van der Waals surface area contributed by atoms with Gasteiger partial charge in [0.15, 0.2) is 0 Å². The highest BCUT2D eigenvalue weighted by atomic mass is 127. The molecule has 9 nitrogen and oxygen atoms in total. The van der Waals surface area contributed by atoms with Gasteiger partial charge in [-0.3, -0.25) is 9.59 Å².